The van der Waals surface area contributed by atoms with Crippen molar-refractivity contribution >= 4 is 16.7 Å². The quantitative estimate of drug-likeness (QED) is 0.743. The van der Waals surface area contributed by atoms with Crippen molar-refractivity contribution in [3.8, 4) is 5.88 Å². The summed E-state index contributed by atoms with van der Waals surface area (Å²) in [6.07, 6.45) is 1.17. The fourth-order valence-electron chi connectivity index (χ4n) is 1.63. The lowest BCUT2D eigenvalue weighted by molar-refractivity contribution is 0.0698. The summed E-state index contributed by atoms with van der Waals surface area (Å²) in [4.78, 5) is 14.6. The molecule has 76 valence electrons. The zero-order valence-electron chi connectivity index (χ0n) is 8.06. The van der Waals surface area contributed by atoms with Crippen LogP contribution in [0, 0.1) is 6.92 Å². The van der Waals surface area contributed by atoms with Gasteiger partial charge in [0.15, 0.2) is 0 Å². The fourth-order valence-corrected chi connectivity index (χ4v) is 1.63. The maximum absolute atomic E-state index is 11.0. The number of aromatic hydroxyl groups is 1. The van der Waals surface area contributed by atoms with Gasteiger partial charge in [0.25, 0.3) is 0 Å². The van der Waals surface area contributed by atoms with Crippen molar-refractivity contribution in [2.75, 3.05) is 0 Å². The third-order valence-electron chi connectivity index (χ3n) is 2.33. The predicted octanol–water partition coefficient (Wildman–Crippen LogP) is 1.95. The maximum Gasteiger partial charge on any atom is 0.337 e. The molecule has 0 atom stereocenters. The molecule has 0 aliphatic carbocycles. The molecule has 4 nitrogen and oxygen atoms in total. The van der Waals surface area contributed by atoms with Crippen LogP contribution in [0.4, 0.5) is 0 Å². The highest BCUT2D eigenvalue weighted by Gasteiger charge is 2.13. The Hall–Kier alpha value is -2.10. The van der Waals surface area contributed by atoms with E-state index in [4.69, 9.17) is 5.11 Å². The summed E-state index contributed by atoms with van der Waals surface area (Å²) in [6, 6.07) is 5.20. The first-order chi connectivity index (χ1) is 7.11. The molecule has 1 aromatic heterocycles. The highest BCUT2D eigenvalue weighted by Crippen LogP contribution is 2.27. The van der Waals surface area contributed by atoms with E-state index in [1.54, 1.807) is 25.1 Å². The number of nitrogens with zero attached hydrogens (tertiary/aromatic N) is 1. The Morgan fingerprint density at radius 3 is 2.80 bits per heavy atom. The second kappa shape index (κ2) is 3.24. The molecular formula is C11H9NO3. The minimum absolute atomic E-state index is 0.112. The van der Waals surface area contributed by atoms with Crippen LogP contribution >= 0.6 is 0 Å². The molecule has 0 fully saturated rings. The van der Waals surface area contributed by atoms with Gasteiger partial charge in [-0.15, -0.1) is 0 Å². The fraction of sp³-hybridized carbons (Fsp3) is 0.0909. The number of rotatable bonds is 1. The Bertz CT molecular complexity index is 549. The van der Waals surface area contributed by atoms with E-state index >= 15 is 0 Å². The van der Waals surface area contributed by atoms with Gasteiger partial charge < -0.3 is 10.2 Å². The minimum Gasteiger partial charge on any atom is -0.493 e. The van der Waals surface area contributed by atoms with Crippen LogP contribution in [-0.2, 0) is 0 Å². The van der Waals surface area contributed by atoms with E-state index in [1.165, 1.54) is 6.20 Å². The van der Waals surface area contributed by atoms with Crippen LogP contribution in [0.15, 0.2) is 24.4 Å². The van der Waals surface area contributed by atoms with Crippen LogP contribution < -0.4 is 0 Å². The Balaban J connectivity index is 2.96. The molecule has 0 saturated heterocycles. The van der Waals surface area contributed by atoms with Crippen LogP contribution in [0.3, 0.4) is 0 Å². The lowest BCUT2D eigenvalue weighted by Gasteiger charge is -2.06. The lowest BCUT2D eigenvalue weighted by atomic mass is 10.0. The van der Waals surface area contributed by atoms with Crippen LogP contribution in [0.25, 0.3) is 10.8 Å². The number of carboxylic acid groups (broad SMARTS) is 1. The van der Waals surface area contributed by atoms with E-state index in [1.807, 2.05) is 0 Å². The average Bonchev–Trinajstić information content (AvgIpc) is 2.19. The SMILES string of the molecule is Cc1cccc2c(O)ncc(C(=O)O)c12. The molecule has 0 saturated carbocycles. The van der Waals surface area contributed by atoms with Gasteiger partial charge in [-0.3, -0.25) is 0 Å². The molecule has 0 bridgehead atoms. The zero-order chi connectivity index (χ0) is 11.0. The van der Waals surface area contributed by atoms with Crippen LogP contribution in [0.1, 0.15) is 15.9 Å². The van der Waals surface area contributed by atoms with E-state index in [-0.39, 0.29) is 11.4 Å². The summed E-state index contributed by atoms with van der Waals surface area (Å²) in [7, 11) is 0. The molecule has 2 rings (SSSR count). The van der Waals surface area contributed by atoms with Crippen LogP contribution in [0.2, 0.25) is 0 Å². The first kappa shape index (κ1) is 9.45. The molecule has 0 radical (unpaired) electrons. The van der Waals surface area contributed by atoms with E-state index in [0.29, 0.717) is 10.8 Å². The van der Waals surface area contributed by atoms with Crippen molar-refractivity contribution in [3.05, 3.63) is 35.5 Å². The normalized spacial score (nSPS) is 10.5. The van der Waals surface area contributed by atoms with Gasteiger partial charge >= 0.3 is 5.97 Å². The molecule has 15 heavy (non-hydrogen) atoms. The molecule has 1 heterocycles. The van der Waals surface area contributed by atoms with Crippen molar-refractivity contribution < 1.29 is 15.0 Å². The van der Waals surface area contributed by atoms with E-state index in [2.05, 4.69) is 4.98 Å². The van der Waals surface area contributed by atoms with Crippen molar-refractivity contribution in [2.24, 2.45) is 0 Å². The molecule has 0 spiro atoms. The van der Waals surface area contributed by atoms with Crippen molar-refractivity contribution in [3.63, 3.8) is 0 Å². The first-order valence-corrected chi connectivity index (χ1v) is 4.42. The van der Waals surface area contributed by atoms with Gasteiger partial charge in [-0.25, -0.2) is 9.78 Å². The minimum atomic E-state index is -1.04. The van der Waals surface area contributed by atoms with E-state index in [9.17, 15) is 9.90 Å². The Kier molecular flexibility index (Phi) is 2.04. The van der Waals surface area contributed by atoms with Gasteiger partial charge in [-0.1, -0.05) is 12.1 Å². The molecule has 2 N–H and O–H groups in total. The second-order valence-electron chi connectivity index (χ2n) is 3.30. The predicted molar refractivity (Wildman–Crippen MR) is 55.1 cm³/mol. The number of hydrogen-bond donors (Lipinski definition) is 2. The standard InChI is InChI=1S/C11H9NO3/c1-6-3-2-4-7-9(6)8(11(14)15)5-12-10(7)13/h2-5H,1H3,(H,12,13)(H,14,15). The van der Waals surface area contributed by atoms with Crippen molar-refractivity contribution in [1.29, 1.82) is 0 Å². The summed E-state index contributed by atoms with van der Waals surface area (Å²) in [5, 5.41) is 19.5. The molecular weight excluding hydrogens is 194 g/mol. The van der Waals surface area contributed by atoms with Gasteiger partial charge in [0.2, 0.25) is 5.88 Å². The smallest absolute Gasteiger partial charge is 0.337 e. The molecule has 0 amide bonds. The van der Waals surface area contributed by atoms with Crippen LogP contribution in [-0.4, -0.2) is 21.2 Å². The Labute approximate surface area is 85.8 Å². The maximum atomic E-state index is 11.0. The highest BCUT2D eigenvalue weighted by atomic mass is 16.4. The number of fused-ring (bicyclic) bond motifs is 1. The van der Waals surface area contributed by atoms with Crippen molar-refractivity contribution in [2.45, 2.75) is 6.92 Å². The van der Waals surface area contributed by atoms with E-state index < -0.39 is 5.97 Å². The third kappa shape index (κ3) is 1.40. The molecule has 1 aromatic carbocycles. The highest BCUT2D eigenvalue weighted by molar-refractivity contribution is 6.06. The van der Waals surface area contributed by atoms with Crippen molar-refractivity contribution in [1.82, 2.24) is 4.98 Å². The first-order valence-electron chi connectivity index (χ1n) is 4.42. The Morgan fingerprint density at radius 1 is 1.40 bits per heavy atom. The summed E-state index contributed by atoms with van der Waals surface area (Å²) < 4.78 is 0. The molecule has 4 heteroatoms. The topological polar surface area (TPSA) is 70.4 Å². The number of aromatic carboxylic acids is 1. The number of aromatic nitrogens is 1. The number of aryl methyl sites for hydroxylation is 1. The van der Waals surface area contributed by atoms with E-state index in [0.717, 1.165) is 5.56 Å². The van der Waals surface area contributed by atoms with Gasteiger partial charge in [0, 0.05) is 17.0 Å². The largest absolute Gasteiger partial charge is 0.493 e. The summed E-state index contributed by atoms with van der Waals surface area (Å²) in [6.45, 7) is 1.80. The summed E-state index contributed by atoms with van der Waals surface area (Å²) in [5.41, 5.74) is 0.920. The molecule has 0 aliphatic heterocycles. The van der Waals surface area contributed by atoms with Crippen LogP contribution in [0.5, 0.6) is 5.88 Å². The second-order valence-corrected chi connectivity index (χ2v) is 3.30. The molecule has 0 aliphatic rings. The van der Waals surface area contributed by atoms with Gasteiger partial charge in [0.05, 0.1) is 5.56 Å². The third-order valence-corrected chi connectivity index (χ3v) is 2.33. The number of pyridine rings is 1. The number of hydrogen-bond acceptors (Lipinski definition) is 3. The number of carboxylic acids is 1. The Morgan fingerprint density at radius 2 is 2.13 bits per heavy atom. The summed E-state index contributed by atoms with van der Waals surface area (Å²) >= 11 is 0. The lowest BCUT2D eigenvalue weighted by Crippen LogP contribution is -2.00. The monoisotopic (exact) mass is 203 g/mol. The van der Waals surface area contributed by atoms with Gasteiger partial charge in [-0.2, -0.15) is 0 Å². The van der Waals surface area contributed by atoms with Gasteiger partial charge in [0.1, 0.15) is 0 Å². The summed E-state index contributed by atoms with van der Waals surface area (Å²) in [5.74, 6) is -1.18. The number of carbonyl (C=O) groups is 1. The molecule has 0 unspecified atom stereocenters. The number of benzene rings is 1. The zero-order valence-corrected chi connectivity index (χ0v) is 8.06. The van der Waals surface area contributed by atoms with Gasteiger partial charge in [-0.05, 0) is 18.6 Å². The molecule has 2 aromatic rings. The average molecular weight is 203 g/mol.